The van der Waals surface area contributed by atoms with E-state index < -0.39 is 23.2 Å². The molecule has 0 aromatic heterocycles. The second-order valence-electron chi connectivity index (χ2n) is 6.04. The summed E-state index contributed by atoms with van der Waals surface area (Å²) < 4.78 is 0.927. The number of carboxylic acids is 1. The van der Waals surface area contributed by atoms with E-state index in [0.717, 1.165) is 15.6 Å². The summed E-state index contributed by atoms with van der Waals surface area (Å²) in [6.07, 6.45) is 0. The van der Waals surface area contributed by atoms with Gasteiger partial charge in [-0.3, -0.25) is 9.59 Å². The molecule has 0 heterocycles. The average Bonchev–Trinajstić information content (AvgIpc) is 2.20. The number of nitrogens with one attached hydrogen (secondary N) is 1. The maximum absolute atomic E-state index is 12.3. The third-order valence-electron chi connectivity index (χ3n) is 3.12. The van der Waals surface area contributed by atoms with E-state index in [2.05, 4.69) is 21.2 Å². The highest BCUT2D eigenvalue weighted by Crippen LogP contribution is 2.30. The molecule has 0 radical (unpaired) electrons. The van der Waals surface area contributed by atoms with Gasteiger partial charge in [0.05, 0.1) is 0 Å². The first-order valence-corrected chi connectivity index (χ1v) is 7.13. The van der Waals surface area contributed by atoms with Crippen molar-refractivity contribution in [2.75, 3.05) is 5.32 Å². The van der Waals surface area contributed by atoms with Gasteiger partial charge < -0.3 is 10.4 Å². The molecule has 0 fully saturated rings. The number of halogens is 1. The van der Waals surface area contributed by atoms with Gasteiger partial charge in [0, 0.05) is 10.2 Å². The van der Waals surface area contributed by atoms with Crippen molar-refractivity contribution >= 4 is 33.5 Å². The summed E-state index contributed by atoms with van der Waals surface area (Å²) >= 11 is 3.39. The number of carbonyl (C=O) groups is 2. The molecule has 2 N–H and O–H groups in total. The van der Waals surface area contributed by atoms with Crippen LogP contribution in [0.5, 0.6) is 0 Å². The number of anilines is 1. The third kappa shape index (κ3) is 3.82. The standard InChI is InChI=1S/C15H20BrNO3/c1-8-6-10(16)7-9(2)12(8)17-13(18)11(14(19)20)15(3,4)5/h6-7,11H,1-5H3,(H,17,18)(H,19,20). The largest absolute Gasteiger partial charge is 0.481 e. The number of hydrogen-bond donors (Lipinski definition) is 2. The molecule has 1 rings (SSSR count). The van der Waals surface area contributed by atoms with Crippen molar-refractivity contribution in [3.05, 3.63) is 27.7 Å². The predicted octanol–water partition coefficient (Wildman–Crippen LogP) is 3.75. The number of rotatable bonds is 3. The zero-order chi connectivity index (χ0) is 15.7. The normalized spacial score (nSPS) is 12.9. The summed E-state index contributed by atoms with van der Waals surface area (Å²) in [4.78, 5) is 23.6. The van der Waals surface area contributed by atoms with Crippen molar-refractivity contribution in [1.29, 1.82) is 0 Å². The lowest BCUT2D eigenvalue weighted by Crippen LogP contribution is -2.39. The first-order chi connectivity index (χ1) is 9.04. The van der Waals surface area contributed by atoms with Gasteiger partial charge in [-0.2, -0.15) is 0 Å². The molecule has 1 atom stereocenters. The second-order valence-corrected chi connectivity index (χ2v) is 6.96. The summed E-state index contributed by atoms with van der Waals surface area (Å²) in [5.41, 5.74) is 1.81. The molecule has 0 aliphatic heterocycles. The molecular formula is C15H20BrNO3. The number of aryl methyl sites for hydroxylation is 2. The minimum atomic E-state index is -1.11. The van der Waals surface area contributed by atoms with E-state index in [-0.39, 0.29) is 0 Å². The van der Waals surface area contributed by atoms with Gasteiger partial charge in [-0.15, -0.1) is 0 Å². The third-order valence-corrected chi connectivity index (χ3v) is 3.58. The molecule has 20 heavy (non-hydrogen) atoms. The summed E-state index contributed by atoms with van der Waals surface area (Å²) in [6, 6.07) is 3.77. The molecular weight excluding hydrogens is 322 g/mol. The molecule has 0 saturated heterocycles. The fraction of sp³-hybridized carbons (Fsp3) is 0.467. The molecule has 5 heteroatoms. The molecule has 0 aliphatic carbocycles. The van der Waals surface area contributed by atoms with Crippen molar-refractivity contribution < 1.29 is 14.7 Å². The van der Waals surface area contributed by atoms with Crippen LogP contribution in [0.4, 0.5) is 5.69 Å². The summed E-state index contributed by atoms with van der Waals surface area (Å²) in [5.74, 6) is -2.69. The number of carboxylic acid groups (broad SMARTS) is 1. The smallest absolute Gasteiger partial charge is 0.316 e. The van der Waals surface area contributed by atoms with Crippen LogP contribution in [-0.4, -0.2) is 17.0 Å². The molecule has 1 aromatic carbocycles. The Morgan fingerprint density at radius 1 is 1.20 bits per heavy atom. The van der Waals surface area contributed by atoms with E-state index in [4.69, 9.17) is 0 Å². The van der Waals surface area contributed by atoms with Crippen molar-refractivity contribution in [1.82, 2.24) is 0 Å². The molecule has 110 valence electrons. The Morgan fingerprint density at radius 2 is 1.65 bits per heavy atom. The lowest BCUT2D eigenvalue weighted by molar-refractivity contribution is -0.149. The highest BCUT2D eigenvalue weighted by molar-refractivity contribution is 9.10. The zero-order valence-electron chi connectivity index (χ0n) is 12.4. The summed E-state index contributed by atoms with van der Waals surface area (Å²) in [6.45, 7) is 8.98. The lowest BCUT2D eigenvalue weighted by atomic mass is 9.80. The SMILES string of the molecule is Cc1cc(Br)cc(C)c1NC(=O)C(C(=O)O)C(C)(C)C. The van der Waals surface area contributed by atoms with E-state index in [0.29, 0.717) is 5.69 Å². The number of hydrogen-bond acceptors (Lipinski definition) is 2. The lowest BCUT2D eigenvalue weighted by Gasteiger charge is -2.26. The average molecular weight is 342 g/mol. The van der Waals surface area contributed by atoms with Crippen LogP contribution in [0.1, 0.15) is 31.9 Å². The first-order valence-electron chi connectivity index (χ1n) is 6.34. The zero-order valence-corrected chi connectivity index (χ0v) is 14.0. The van der Waals surface area contributed by atoms with Crippen LogP contribution < -0.4 is 5.32 Å². The van der Waals surface area contributed by atoms with Crippen LogP contribution in [0, 0.1) is 25.2 Å². The predicted molar refractivity (Wildman–Crippen MR) is 82.8 cm³/mol. The summed E-state index contributed by atoms with van der Waals surface area (Å²) in [5, 5.41) is 12.0. The topological polar surface area (TPSA) is 66.4 Å². The Labute approximate surface area is 127 Å². The summed E-state index contributed by atoms with van der Waals surface area (Å²) in [7, 11) is 0. The second kappa shape index (κ2) is 5.95. The Hall–Kier alpha value is -1.36. The van der Waals surface area contributed by atoms with Gasteiger partial charge in [0.1, 0.15) is 5.92 Å². The minimum absolute atomic E-state index is 0.487. The molecule has 0 saturated carbocycles. The quantitative estimate of drug-likeness (QED) is 0.822. The molecule has 1 amide bonds. The van der Waals surface area contributed by atoms with E-state index in [1.165, 1.54) is 0 Å². The Morgan fingerprint density at radius 3 is 2.00 bits per heavy atom. The highest BCUT2D eigenvalue weighted by atomic mass is 79.9. The van der Waals surface area contributed by atoms with Gasteiger partial charge in [-0.25, -0.2) is 0 Å². The van der Waals surface area contributed by atoms with Crippen molar-refractivity contribution in [3.8, 4) is 0 Å². The molecule has 1 unspecified atom stereocenters. The van der Waals surface area contributed by atoms with E-state index in [1.54, 1.807) is 20.8 Å². The van der Waals surface area contributed by atoms with Crippen LogP contribution >= 0.6 is 15.9 Å². The van der Waals surface area contributed by atoms with E-state index in [1.807, 2.05) is 26.0 Å². The minimum Gasteiger partial charge on any atom is -0.481 e. The van der Waals surface area contributed by atoms with Gasteiger partial charge >= 0.3 is 5.97 Å². The van der Waals surface area contributed by atoms with Gasteiger partial charge in [0.25, 0.3) is 0 Å². The number of amides is 1. The first kappa shape index (κ1) is 16.7. The van der Waals surface area contributed by atoms with Crippen LogP contribution in [0.3, 0.4) is 0 Å². The van der Waals surface area contributed by atoms with Gasteiger partial charge in [-0.05, 0) is 42.5 Å². The molecule has 0 aliphatic rings. The van der Waals surface area contributed by atoms with Crippen LogP contribution in [0.15, 0.2) is 16.6 Å². The van der Waals surface area contributed by atoms with Crippen molar-refractivity contribution in [2.45, 2.75) is 34.6 Å². The Kier molecular flexibility index (Phi) is 4.97. The van der Waals surface area contributed by atoms with Crippen molar-refractivity contribution in [2.24, 2.45) is 11.3 Å². The van der Waals surface area contributed by atoms with Crippen LogP contribution in [0.25, 0.3) is 0 Å². The van der Waals surface area contributed by atoms with Crippen LogP contribution in [-0.2, 0) is 9.59 Å². The fourth-order valence-corrected chi connectivity index (χ4v) is 2.87. The number of aliphatic carboxylic acids is 1. The fourth-order valence-electron chi connectivity index (χ4n) is 2.18. The number of benzene rings is 1. The Bertz CT molecular complexity index is 524. The Balaban J connectivity index is 3.10. The molecule has 4 nitrogen and oxygen atoms in total. The van der Waals surface area contributed by atoms with E-state index >= 15 is 0 Å². The van der Waals surface area contributed by atoms with Crippen molar-refractivity contribution in [3.63, 3.8) is 0 Å². The van der Waals surface area contributed by atoms with Gasteiger partial charge in [-0.1, -0.05) is 36.7 Å². The van der Waals surface area contributed by atoms with Gasteiger partial charge in [0.15, 0.2) is 0 Å². The maximum atomic E-state index is 12.3. The highest BCUT2D eigenvalue weighted by Gasteiger charge is 2.37. The van der Waals surface area contributed by atoms with E-state index in [9.17, 15) is 14.7 Å². The number of carbonyl (C=O) groups excluding carboxylic acids is 1. The monoisotopic (exact) mass is 341 g/mol. The molecule has 0 spiro atoms. The maximum Gasteiger partial charge on any atom is 0.316 e. The van der Waals surface area contributed by atoms with Crippen LogP contribution in [0.2, 0.25) is 0 Å². The molecule has 0 bridgehead atoms. The van der Waals surface area contributed by atoms with Gasteiger partial charge in [0.2, 0.25) is 5.91 Å². The molecule has 1 aromatic rings.